The van der Waals surface area contributed by atoms with Gasteiger partial charge in [-0.2, -0.15) is 0 Å². The van der Waals surface area contributed by atoms with Crippen molar-refractivity contribution in [2.75, 3.05) is 43.1 Å². The molecule has 0 unspecified atom stereocenters. The van der Waals surface area contributed by atoms with Crippen LogP contribution in [0.4, 0.5) is 16.0 Å². The SMILES string of the molecule is CC(C)(CNc1cc(N2CCOCC2)ncn1)c1ccc(F)cc1. The minimum absolute atomic E-state index is 0.141. The Labute approximate surface area is 141 Å². The molecule has 128 valence electrons. The molecule has 1 aliphatic heterocycles. The van der Waals surface area contributed by atoms with Crippen LogP contribution in [0.1, 0.15) is 19.4 Å². The quantitative estimate of drug-likeness (QED) is 0.913. The van der Waals surface area contributed by atoms with Gasteiger partial charge < -0.3 is 15.0 Å². The molecule has 0 saturated carbocycles. The van der Waals surface area contributed by atoms with E-state index in [4.69, 9.17) is 4.74 Å². The summed E-state index contributed by atoms with van der Waals surface area (Å²) < 4.78 is 18.5. The Morgan fingerprint density at radius 2 is 1.88 bits per heavy atom. The predicted octanol–water partition coefficient (Wildman–Crippen LogP) is 2.84. The third-order valence-corrected chi connectivity index (χ3v) is 4.32. The number of morpholine rings is 1. The highest BCUT2D eigenvalue weighted by molar-refractivity contribution is 5.49. The van der Waals surface area contributed by atoms with Crippen LogP contribution < -0.4 is 10.2 Å². The van der Waals surface area contributed by atoms with Gasteiger partial charge in [0.1, 0.15) is 23.8 Å². The molecule has 0 aliphatic carbocycles. The smallest absolute Gasteiger partial charge is 0.134 e. The van der Waals surface area contributed by atoms with Crippen LogP contribution in [0.5, 0.6) is 0 Å². The lowest BCUT2D eigenvalue weighted by molar-refractivity contribution is 0.122. The zero-order chi connectivity index (χ0) is 17.0. The first-order chi connectivity index (χ1) is 11.5. The summed E-state index contributed by atoms with van der Waals surface area (Å²) in [4.78, 5) is 10.9. The van der Waals surface area contributed by atoms with Crippen molar-refractivity contribution >= 4 is 11.6 Å². The van der Waals surface area contributed by atoms with E-state index in [1.54, 1.807) is 6.33 Å². The van der Waals surface area contributed by atoms with Crippen molar-refractivity contribution in [1.82, 2.24) is 9.97 Å². The number of rotatable bonds is 5. The topological polar surface area (TPSA) is 50.3 Å². The molecule has 1 N–H and O–H groups in total. The number of ether oxygens (including phenoxy) is 1. The Bertz CT molecular complexity index is 669. The van der Waals surface area contributed by atoms with E-state index in [0.717, 1.165) is 43.5 Å². The first kappa shape index (κ1) is 16.6. The predicted molar refractivity (Wildman–Crippen MR) is 93.0 cm³/mol. The number of aromatic nitrogens is 2. The highest BCUT2D eigenvalue weighted by atomic mass is 19.1. The molecule has 2 aromatic rings. The van der Waals surface area contributed by atoms with Gasteiger partial charge in [-0.3, -0.25) is 0 Å². The number of hydrogen-bond acceptors (Lipinski definition) is 5. The van der Waals surface area contributed by atoms with E-state index in [1.807, 2.05) is 18.2 Å². The van der Waals surface area contributed by atoms with Crippen molar-refractivity contribution < 1.29 is 9.13 Å². The molecule has 2 heterocycles. The monoisotopic (exact) mass is 330 g/mol. The molecule has 0 bridgehead atoms. The fourth-order valence-corrected chi connectivity index (χ4v) is 2.72. The van der Waals surface area contributed by atoms with Crippen LogP contribution in [0.2, 0.25) is 0 Å². The number of nitrogens with zero attached hydrogens (tertiary/aromatic N) is 3. The van der Waals surface area contributed by atoms with Crippen LogP contribution in [-0.2, 0) is 10.2 Å². The molecular weight excluding hydrogens is 307 g/mol. The van der Waals surface area contributed by atoms with Gasteiger partial charge in [0, 0.05) is 31.1 Å². The normalized spacial score (nSPS) is 15.4. The van der Waals surface area contributed by atoms with Gasteiger partial charge in [-0.15, -0.1) is 0 Å². The van der Waals surface area contributed by atoms with Crippen LogP contribution in [0.15, 0.2) is 36.7 Å². The number of hydrogen-bond donors (Lipinski definition) is 1. The van der Waals surface area contributed by atoms with Gasteiger partial charge in [-0.1, -0.05) is 26.0 Å². The van der Waals surface area contributed by atoms with E-state index in [0.29, 0.717) is 6.54 Å². The summed E-state index contributed by atoms with van der Waals surface area (Å²) in [5, 5.41) is 3.37. The Balaban J connectivity index is 1.66. The average molecular weight is 330 g/mol. The van der Waals surface area contributed by atoms with Gasteiger partial charge >= 0.3 is 0 Å². The van der Waals surface area contributed by atoms with Crippen LogP contribution in [0.25, 0.3) is 0 Å². The molecule has 1 fully saturated rings. The lowest BCUT2D eigenvalue weighted by atomic mass is 9.84. The Hall–Kier alpha value is -2.21. The number of halogens is 1. The molecule has 0 spiro atoms. The summed E-state index contributed by atoms with van der Waals surface area (Å²) in [6.45, 7) is 8.08. The van der Waals surface area contributed by atoms with E-state index in [9.17, 15) is 4.39 Å². The molecule has 1 aliphatic rings. The van der Waals surface area contributed by atoms with Gasteiger partial charge in [-0.05, 0) is 17.7 Å². The second-order valence-corrected chi connectivity index (χ2v) is 6.61. The van der Waals surface area contributed by atoms with Crippen molar-refractivity contribution in [2.24, 2.45) is 0 Å². The highest BCUT2D eigenvalue weighted by Gasteiger charge is 2.21. The van der Waals surface area contributed by atoms with Gasteiger partial charge in [0.05, 0.1) is 13.2 Å². The van der Waals surface area contributed by atoms with E-state index in [1.165, 1.54) is 12.1 Å². The standard InChI is InChI=1S/C18H23FN4O/c1-18(2,14-3-5-15(19)6-4-14)12-20-16-11-17(22-13-21-16)23-7-9-24-10-8-23/h3-6,11,13H,7-10,12H2,1-2H3,(H,20,21,22). The fourth-order valence-electron chi connectivity index (χ4n) is 2.72. The minimum atomic E-state index is -0.214. The van der Waals surface area contributed by atoms with Gasteiger partial charge in [0.25, 0.3) is 0 Å². The number of nitrogens with one attached hydrogen (secondary N) is 1. The first-order valence-electron chi connectivity index (χ1n) is 8.19. The summed E-state index contributed by atoms with van der Waals surface area (Å²) in [6, 6.07) is 8.62. The molecule has 0 atom stereocenters. The van der Waals surface area contributed by atoms with Crippen LogP contribution in [0.3, 0.4) is 0 Å². The fraction of sp³-hybridized carbons (Fsp3) is 0.444. The number of benzene rings is 1. The van der Waals surface area contributed by atoms with Crippen molar-refractivity contribution in [3.8, 4) is 0 Å². The summed E-state index contributed by atoms with van der Waals surface area (Å²) in [5.74, 6) is 1.49. The zero-order valence-electron chi connectivity index (χ0n) is 14.1. The molecule has 6 heteroatoms. The molecule has 24 heavy (non-hydrogen) atoms. The maximum absolute atomic E-state index is 13.1. The third-order valence-electron chi connectivity index (χ3n) is 4.32. The summed E-state index contributed by atoms with van der Waals surface area (Å²) in [7, 11) is 0. The maximum atomic E-state index is 13.1. The van der Waals surface area contributed by atoms with E-state index >= 15 is 0 Å². The summed E-state index contributed by atoms with van der Waals surface area (Å²) >= 11 is 0. The van der Waals surface area contributed by atoms with Crippen LogP contribution >= 0.6 is 0 Å². The molecular formula is C18H23FN4O. The second kappa shape index (κ2) is 7.13. The molecule has 0 amide bonds. The molecule has 1 aromatic heterocycles. The van der Waals surface area contributed by atoms with Crippen molar-refractivity contribution in [3.05, 3.63) is 48.0 Å². The minimum Gasteiger partial charge on any atom is -0.378 e. The molecule has 3 rings (SSSR count). The van der Waals surface area contributed by atoms with Gasteiger partial charge in [0.15, 0.2) is 0 Å². The Morgan fingerprint density at radius 1 is 1.17 bits per heavy atom. The second-order valence-electron chi connectivity index (χ2n) is 6.61. The van der Waals surface area contributed by atoms with E-state index in [-0.39, 0.29) is 11.2 Å². The van der Waals surface area contributed by atoms with E-state index in [2.05, 4.69) is 34.0 Å². The molecule has 1 saturated heterocycles. The lowest BCUT2D eigenvalue weighted by Gasteiger charge is -2.28. The third kappa shape index (κ3) is 4.00. The zero-order valence-corrected chi connectivity index (χ0v) is 14.1. The van der Waals surface area contributed by atoms with Crippen molar-refractivity contribution in [3.63, 3.8) is 0 Å². The van der Waals surface area contributed by atoms with Gasteiger partial charge in [0.2, 0.25) is 0 Å². The van der Waals surface area contributed by atoms with Crippen LogP contribution in [0, 0.1) is 5.82 Å². The maximum Gasteiger partial charge on any atom is 0.134 e. The Morgan fingerprint density at radius 3 is 2.58 bits per heavy atom. The summed E-state index contributed by atoms with van der Waals surface area (Å²) in [5.41, 5.74) is 0.941. The Kier molecular flexibility index (Phi) is 4.94. The average Bonchev–Trinajstić information content (AvgIpc) is 2.61. The molecule has 0 radical (unpaired) electrons. The highest BCUT2D eigenvalue weighted by Crippen LogP contribution is 2.24. The number of anilines is 2. The first-order valence-corrected chi connectivity index (χ1v) is 8.19. The lowest BCUT2D eigenvalue weighted by Crippen LogP contribution is -2.36. The van der Waals surface area contributed by atoms with E-state index < -0.39 is 0 Å². The van der Waals surface area contributed by atoms with Crippen molar-refractivity contribution in [2.45, 2.75) is 19.3 Å². The molecule has 5 nitrogen and oxygen atoms in total. The van der Waals surface area contributed by atoms with Crippen LogP contribution in [-0.4, -0.2) is 42.8 Å². The van der Waals surface area contributed by atoms with Crippen molar-refractivity contribution in [1.29, 1.82) is 0 Å². The summed E-state index contributed by atoms with van der Waals surface area (Å²) in [6.07, 6.45) is 1.58. The largest absolute Gasteiger partial charge is 0.378 e. The molecule has 1 aromatic carbocycles. The van der Waals surface area contributed by atoms with Gasteiger partial charge in [-0.25, -0.2) is 14.4 Å².